The first-order valence-corrected chi connectivity index (χ1v) is 9.89. The molecule has 1 N–H and O–H groups in total. The van der Waals surface area contributed by atoms with Crippen molar-refractivity contribution in [3.05, 3.63) is 65.2 Å². The highest BCUT2D eigenvalue weighted by Crippen LogP contribution is 2.63. The minimum absolute atomic E-state index is 0.208. The zero-order valence-corrected chi connectivity index (χ0v) is 15.2. The van der Waals surface area contributed by atoms with Crippen LogP contribution in [0.3, 0.4) is 0 Å². The second-order valence-electron chi connectivity index (χ2n) is 7.99. The van der Waals surface area contributed by atoms with Gasteiger partial charge in [0.1, 0.15) is 0 Å². The van der Waals surface area contributed by atoms with Crippen LogP contribution in [0.15, 0.2) is 48.5 Å². The first-order chi connectivity index (χ1) is 12.8. The van der Waals surface area contributed by atoms with E-state index in [1.54, 1.807) is 0 Å². The molecule has 0 aromatic heterocycles. The van der Waals surface area contributed by atoms with E-state index in [4.69, 9.17) is 4.74 Å². The van der Waals surface area contributed by atoms with Crippen molar-refractivity contribution in [2.75, 3.05) is 11.9 Å². The van der Waals surface area contributed by atoms with Crippen LogP contribution >= 0.6 is 0 Å². The Labute approximate surface area is 154 Å². The Hall–Kier alpha value is -2.29. The monoisotopic (exact) mass is 347 g/mol. The van der Waals surface area contributed by atoms with Crippen LogP contribution in [0.2, 0.25) is 0 Å². The number of ether oxygens (including phenoxy) is 1. The van der Waals surface area contributed by atoms with Crippen LogP contribution in [0.5, 0.6) is 0 Å². The number of hydrogen-bond acceptors (Lipinski definition) is 3. The number of rotatable bonds is 3. The summed E-state index contributed by atoms with van der Waals surface area (Å²) in [5.74, 6) is 2.53. The molecule has 0 amide bonds. The molecular weight excluding hydrogens is 322 g/mol. The quantitative estimate of drug-likeness (QED) is 0.780. The highest BCUT2D eigenvalue weighted by Gasteiger charge is 2.53. The van der Waals surface area contributed by atoms with Gasteiger partial charge in [0, 0.05) is 5.69 Å². The minimum atomic E-state index is -0.208. The van der Waals surface area contributed by atoms with Gasteiger partial charge in [-0.2, -0.15) is 0 Å². The number of carbonyl (C=O) groups excluding carboxylic acids is 1. The maximum absolute atomic E-state index is 12.2. The fourth-order valence-electron chi connectivity index (χ4n) is 5.82. The normalized spacial score (nSPS) is 31.0. The Kier molecular flexibility index (Phi) is 3.77. The van der Waals surface area contributed by atoms with Crippen LogP contribution in [0.1, 0.15) is 59.6 Å². The van der Waals surface area contributed by atoms with Gasteiger partial charge in [-0.3, -0.25) is 0 Å². The Bertz CT molecular complexity index is 831. The van der Waals surface area contributed by atoms with Gasteiger partial charge in [0.05, 0.1) is 18.2 Å². The molecule has 1 heterocycles. The molecule has 5 rings (SSSR count). The predicted molar refractivity (Wildman–Crippen MR) is 102 cm³/mol. The second kappa shape index (κ2) is 6.15. The molecule has 2 fully saturated rings. The zero-order valence-electron chi connectivity index (χ0n) is 15.2. The molecule has 0 radical (unpaired) electrons. The molecule has 26 heavy (non-hydrogen) atoms. The maximum atomic E-state index is 12.2. The summed E-state index contributed by atoms with van der Waals surface area (Å²) in [7, 11) is 0. The lowest BCUT2D eigenvalue weighted by Crippen LogP contribution is -2.35. The van der Waals surface area contributed by atoms with Gasteiger partial charge in [-0.05, 0) is 79.2 Å². The maximum Gasteiger partial charge on any atom is 0.338 e. The van der Waals surface area contributed by atoms with Crippen LogP contribution in [-0.4, -0.2) is 12.6 Å². The molecule has 2 saturated carbocycles. The summed E-state index contributed by atoms with van der Waals surface area (Å²) in [6.45, 7) is 2.27. The Morgan fingerprint density at radius 3 is 2.73 bits per heavy atom. The summed E-state index contributed by atoms with van der Waals surface area (Å²) in [6, 6.07) is 17.3. The lowest BCUT2D eigenvalue weighted by molar-refractivity contribution is 0.0526. The van der Waals surface area contributed by atoms with Crippen molar-refractivity contribution in [1.82, 2.24) is 0 Å². The van der Waals surface area contributed by atoms with Crippen LogP contribution in [-0.2, 0) is 4.74 Å². The molecular formula is C23H25NO2. The van der Waals surface area contributed by atoms with Gasteiger partial charge in [0.25, 0.3) is 0 Å². The average molecular weight is 347 g/mol. The SMILES string of the molecule is CCOC(=O)c1ccc2c(c1)[C@@H]1[C@H]3CC[C@@H](C3)[C@H]1[C@@H](c1ccccc1)N2. The van der Waals surface area contributed by atoms with Crippen molar-refractivity contribution in [2.24, 2.45) is 17.8 Å². The fraction of sp³-hybridized carbons (Fsp3) is 0.435. The van der Waals surface area contributed by atoms with Crippen molar-refractivity contribution in [1.29, 1.82) is 0 Å². The van der Waals surface area contributed by atoms with E-state index in [0.29, 0.717) is 30.0 Å². The lowest BCUT2D eigenvalue weighted by Gasteiger charge is -2.43. The summed E-state index contributed by atoms with van der Waals surface area (Å²) >= 11 is 0. The third kappa shape index (κ3) is 2.37. The van der Waals surface area contributed by atoms with E-state index in [1.807, 2.05) is 13.0 Å². The number of fused-ring (bicyclic) bond motifs is 7. The molecule has 2 aliphatic carbocycles. The van der Waals surface area contributed by atoms with E-state index in [9.17, 15) is 4.79 Å². The molecule has 1 aliphatic heterocycles. The van der Waals surface area contributed by atoms with E-state index in [0.717, 1.165) is 11.8 Å². The average Bonchev–Trinajstić information content (AvgIpc) is 3.30. The summed E-state index contributed by atoms with van der Waals surface area (Å²) in [4.78, 5) is 12.2. The molecule has 2 aromatic rings. The fourth-order valence-corrected chi connectivity index (χ4v) is 5.82. The van der Waals surface area contributed by atoms with Gasteiger partial charge in [-0.25, -0.2) is 4.79 Å². The second-order valence-corrected chi connectivity index (χ2v) is 7.99. The van der Waals surface area contributed by atoms with E-state index < -0.39 is 0 Å². The van der Waals surface area contributed by atoms with E-state index in [2.05, 4.69) is 47.8 Å². The summed E-state index contributed by atoms with van der Waals surface area (Å²) < 4.78 is 5.22. The van der Waals surface area contributed by atoms with Crippen molar-refractivity contribution in [3.63, 3.8) is 0 Å². The van der Waals surface area contributed by atoms with Crippen molar-refractivity contribution < 1.29 is 9.53 Å². The molecule has 3 heteroatoms. The molecule has 3 nitrogen and oxygen atoms in total. The lowest BCUT2D eigenvalue weighted by atomic mass is 9.68. The van der Waals surface area contributed by atoms with Crippen LogP contribution in [0, 0.1) is 17.8 Å². The van der Waals surface area contributed by atoms with Crippen LogP contribution < -0.4 is 5.32 Å². The minimum Gasteiger partial charge on any atom is -0.462 e. The van der Waals surface area contributed by atoms with Crippen LogP contribution in [0.4, 0.5) is 5.69 Å². The van der Waals surface area contributed by atoms with Crippen molar-refractivity contribution in [2.45, 2.75) is 38.1 Å². The number of esters is 1. The third-order valence-corrected chi connectivity index (χ3v) is 6.76. The van der Waals surface area contributed by atoms with Gasteiger partial charge in [0.15, 0.2) is 0 Å². The molecule has 2 bridgehead atoms. The zero-order chi connectivity index (χ0) is 17.7. The summed E-state index contributed by atoms with van der Waals surface area (Å²) in [5.41, 5.74) is 4.60. The highest BCUT2D eigenvalue weighted by atomic mass is 16.5. The molecule has 134 valence electrons. The van der Waals surface area contributed by atoms with Gasteiger partial charge >= 0.3 is 5.97 Å². The van der Waals surface area contributed by atoms with Crippen molar-refractivity contribution >= 4 is 11.7 Å². The number of anilines is 1. The largest absolute Gasteiger partial charge is 0.462 e. The topological polar surface area (TPSA) is 38.3 Å². The molecule has 5 atom stereocenters. The highest BCUT2D eigenvalue weighted by molar-refractivity contribution is 5.90. The molecule has 3 aliphatic rings. The number of benzene rings is 2. The third-order valence-electron chi connectivity index (χ3n) is 6.76. The molecule has 0 unspecified atom stereocenters. The molecule has 0 spiro atoms. The Morgan fingerprint density at radius 1 is 1.12 bits per heavy atom. The van der Waals surface area contributed by atoms with Gasteiger partial charge in [0.2, 0.25) is 0 Å². The van der Waals surface area contributed by atoms with Gasteiger partial charge in [-0.15, -0.1) is 0 Å². The summed E-state index contributed by atoms with van der Waals surface area (Å²) in [6.07, 6.45) is 4.02. The number of carbonyl (C=O) groups is 1. The van der Waals surface area contributed by atoms with Crippen LogP contribution in [0.25, 0.3) is 0 Å². The van der Waals surface area contributed by atoms with Gasteiger partial charge < -0.3 is 10.1 Å². The number of hydrogen-bond donors (Lipinski definition) is 1. The first kappa shape index (κ1) is 15.9. The van der Waals surface area contributed by atoms with E-state index in [1.165, 1.54) is 36.1 Å². The predicted octanol–water partition coefficient (Wildman–Crippen LogP) is 5.16. The smallest absolute Gasteiger partial charge is 0.338 e. The molecule has 0 saturated heterocycles. The van der Waals surface area contributed by atoms with E-state index in [-0.39, 0.29) is 5.97 Å². The van der Waals surface area contributed by atoms with Gasteiger partial charge in [-0.1, -0.05) is 30.3 Å². The Balaban J connectivity index is 1.58. The standard InChI is InChI=1S/C23H25NO2/c1-2-26-23(25)17-10-11-19-18(13-17)20-15-8-9-16(12-15)21(20)22(24-19)14-6-4-3-5-7-14/h3-7,10-11,13,15-16,20-22,24H,2,8-9,12H2,1H3/t15-,16-,20-,21+,22+/m0/s1. The first-order valence-electron chi connectivity index (χ1n) is 9.89. The van der Waals surface area contributed by atoms with Crippen molar-refractivity contribution in [3.8, 4) is 0 Å². The Morgan fingerprint density at radius 2 is 1.92 bits per heavy atom. The van der Waals surface area contributed by atoms with E-state index >= 15 is 0 Å². The number of nitrogens with one attached hydrogen (secondary N) is 1. The molecule has 2 aromatic carbocycles. The summed E-state index contributed by atoms with van der Waals surface area (Å²) in [5, 5.41) is 3.82.